The number of hydrogen-bond donors (Lipinski definition) is 1. The Hall–Kier alpha value is -1.32. The molecule has 0 amide bonds. The van der Waals surface area contributed by atoms with Crippen LogP contribution in [0.15, 0.2) is 28.7 Å². The quantitative estimate of drug-likeness (QED) is 0.822. The summed E-state index contributed by atoms with van der Waals surface area (Å²) in [5, 5.41) is 4.50. The van der Waals surface area contributed by atoms with Gasteiger partial charge in [-0.3, -0.25) is 0 Å². The van der Waals surface area contributed by atoms with Gasteiger partial charge in [0.1, 0.15) is 11.3 Å². The smallest absolute Gasteiger partial charge is 0.134 e. The molecule has 0 aliphatic heterocycles. The average molecular weight is 275 g/mol. The Labute approximate surface area is 121 Å². The van der Waals surface area contributed by atoms with E-state index in [-0.39, 0.29) is 12.1 Å². The van der Waals surface area contributed by atoms with Gasteiger partial charge in [-0.25, -0.2) is 0 Å². The van der Waals surface area contributed by atoms with Gasteiger partial charge in [0.25, 0.3) is 0 Å². The number of benzene rings is 1. The van der Waals surface area contributed by atoms with Crippen LogP contribution in [0.4, 0.5) is 0 Å². The maximum Gasteiger partial charge on any atom is 0.134 e. The van der Waals surface area contributed by atoms with Gasteiger partial charge in [0.15, 0.2) is 0 Å². The second-order valence-corrected chi connectivity index (χ2v) is 5.24. The van der Waals surface area contributed by atoms with Gasteiger partial charge in [-0.1, -0.05) is 25.0 Å². The lowest BCUT2D eigenvalue weighted by Gasteiger charge is -2.24. The first-order chi connectivity index (χ1) is 9.69. The molecule has 20 heavy (non-hydrogen) atoms. The van der Waals surface area contributed by atoms with Crippen LogP contribution in [0.3, 0.4) is 0 Å². The average Bonchev–Trinajstić information content (AvgIpc) is 2.82. The topological polar surface area (TPSA) is 34.4 Å². The monoisotopic (exact) mass is 275 g/mol. The van der Waals surface area contributed by atoms with E-state index in [2.05, 4.69) is 37.4 Å². The van der Waals surface area contributed by atoms with E-state index >= 15 is 0 Å². The predicted octanol–water partition coefficient (Wildman–Crippen LogP) is 4.21. The van der Waals surface area contributed by atoms with Crippen molar-refractivity contribution in [3.63, 3.8) is 0 Å². The summed E-state index contributed by atoms with van der Waals surface area (Å²) in [5.41, 5.74) is 2.19. The Bertz CT molecular complexity index is 541. The molecule has 0 saturated carbocycles. The molecule has 1 N–H and O–H groups in total. The molecule has 2 atom stereocenters. The predicted molar refractivity (Wildman–Crippen MR) is 83.1 cm³/mol. The van der Waals surface area contributed by atoms with Crippen molar-refractivity contribution in [3.05, 3.63) is 35.6 Å². The van der Waals surface area contributed by atoms with Crippen molar-refractivity contribution in [1.82, 2.24) is 5.32 Å². The Morgan fingerprint density at radius 1 is 1.25 bits per heavy atom. The summed E-state index contributed by atoms with van der Waals surface area (Å²) in [7, 11) is 1.96. The van der Waals surface area contributed by atoms with Crippen LogP contribution < -0.4 is 5.32 Å². The summed E-state index contributed by atoms with van der Waals surface area (Å²) in [5.74, 6) is 0.958. The summed E-state index contributed by atoms with van der Waals surface area (Å²) in [6, 6.07) is 8.50. The molecule has 3 nitrogen and oxygen atoms in total. The fourth-order valence-corrected chi connectivity index (χ4v) is 2.69. The van der Waals surface area contributed by atoms with Crippen LogP contribution in [0.25, 0.3) is 11.0 Å². The molecule has 2 aromatic rings. The SMILES string of the molecule is CCCC(OCC)C(NC)c1cc2cc(C)ccc2o1. The molecule has 0 fully saturated rings. The third kappa shape index (κ3) is 3.22. The molecule has 2 rings (SSSR count). The molecule has 110 valence electrons. The lowest BCUT2D eigenvalue weighted by molar-refractivity contribution is 0.0246. The second kappa shape index (κ2) is 6.91. The minimum atomic E-state index is 0.0996. The summed E-state index contributed by atoms with van der Waals surface area (Å²) in [6.45, 7) is 7.04. The summed E-state index contributed by atoms with van der Waals surface area (Å²) < 4.78 is 11.9. The van der Waals surface area contributed by atoms with Crippen molar-refractivity contribution in [2.24, 2.45) is 0 Å². The Kier molecular flexibility index (Phi) is 5.21. The van der Waals surface area contributed by atoms with Crippen LogP contribution in [0.1, 0.15) is 44.1 Å². The van der Waals surface area contributed by atoms with E-state index in [1.807, 2.05) is 20.0 Å². The standard InChI is InChI=1S/C17H25NO2/c1-5-7-15(19-6-2)17(18-4)16-11-13-10-12(3)8-9-14(13)20-16/h8-11,15,17-18H,5-7H2,1-4H3. The van der Waals surface area contributed by atoms with Gasteiger partial charge >= 0.3 is 0 Å². The lowest BCUT2D eigenvalue weighted by atomic mass is 10.0. The fourth-order valence-electron chi connectivity index (χ4n) is 2.69. The Morgan fingerprint density at radius 3 is 2.70 bits per heavy atom. The van der Waals surface area contributed by atoms with Gasteiger partial charge in [0.05, 0.1) is 12.1 Å². The van der Waals surface area contributed by atoms with E-state index in [0.29, 0.717) is 0 Å². The van der Waals surface area contributed by atoms with Gasteiger partial charge in [0.2, 0.25) is 0 Å². The largest absolute Gasteiger partial charge is 0.459 e. The van der Waals surface area contributed by atoms with Crippen molar-refractivity contribution < 1.29 is 9.15 Å². The number of fused-ring (bicyclic) bond motifs is 1. The van der Waals surface area contributed by atoms with Crippen LogP contribution in [0.5, 0.6) is 0 Å². The van der Waals surface area contributed by atoms with Crippen molar-refractivity contribution in [2.45, 2.75) is 45.8 Å². The molecular weight excluding hydrogens is 250 g/mol. The van der Waals surface area contributed by atoms with E-state index in [1.165, 1.54) is 5.56 Å². The van der Waals surface area contributed by atoms with Gasteiger partial charge in [-0.05, 0) is 45.5 Å². The van der Waals surface area contributed by atoms with Crippen LogP contribution in [0, 0.1) is 6.92 Å². The highest BCUT2D eigenvalue weighted by Gasteiger charge is 2.24. The molecule has 0 aliphatic rings. The van der Waals surface area contributed by atoms with E-state index in [0.717, 1.165) is 36.2 Å². The van der Waals surface area contributed by atoms with Gasteiger partial charge < -0.3 is 14.5 Å². The number of likely N-dealkylation sites (N-methyl/N-ethyl adjacent to an activating group) is 1. The van der Waals surface area contributed by atoms with E-state index in [9.17, 15) is 0 Å². The maximum atomic E-state index is 6.01. The minimum Gasteiger partial charge on any atom is -0.459 e. The number of aryl methyl sites for hydroxylation is 1. The van der Waals surface area contributed by atoms with Crippen LogP contribution in [-0.2, 0) is 4.74 Å². The first kappa shape index (κ1) is 15.1. The van der Waals surface area contributed by atoms with Gasteiger partial charge in [-0.2, -0.15) is 0 Å². The molecule has 0 bridgehead atoms. The lowest BCUT2D eigenvalue weighted by Crippen LogP contribution is -2.31. The first-order valence-electron chi connectivity index (χ1n) is 7.48. The molecule has 0 saturated heterocycles. The zero-order chi connectivity index (χ0) is 14.5. The van der Waals surface area contributed by atoms with Crippen molar-refractivity contribution in [1.29, 1.82) is 0 Å². The van der Waals surface area contributed by atoms with Crippen LogP contribution >= 0.6 is 0 Å². The summed E-state index contributed by atoms with van der Waals surface area (Å²) in [4.78, 5) is 0. The van der Waals surface area contributed by atoms with Crippen molar-refractivity contribution >= 4 is 11.0 Å². The highest BCUT2D eigenvalue weighted by atomic mass is 16.5. The number of nitrogens with one attached hydrogen (secondary N) is 1. The van der Waals surface area contributed by atoms with E-state index in [4.69, 9.17) is 9.15 Å². The number of rotatable bonds is 7. The third-order valence-electron chi connectivity index (χ3n) is 3.63. The zero-order valence-corrected chi connectivity index (χ0v) is 12.9. The molecule has 1 heterocycles. The Balaban J connectivity index is 2.31. The third-order valence-corrected chi connectivity index (χ3v) is 3.63. The molecule has 0 radical (unpaired) electrons. The molecule has 3 heteroatoms. The number of furan rings is 1. The van der Waals surface area contributed by atoms with E-state index in [1.54, 1.807) is 0 Å². The molecule has 1 aromatic carbocycles. The highest BCUT2D eigenvalue weighted by Crippen LogP contribution is 2.29. The molecule has 1 aromatic heterocycles. The molecule has 0 aliphatic carbocycles. The van der Waals surface area contributed by atoms with Crippen molar-refractivity contribution in [3.8, 4) is 0 Å². The number of ether oxygens (including phenoxy) is 1. The van der Waals surface area contributed by atoms with Crippen LogP contribution in [-0.4, -0.2) is 19.8 Å². The maximum absolute atomic E-state index is 6.01. The Morgan fingerprint density at radius 2 is 2.05 bits per heavy atom. The molecular formula is C17H25NO2. The van der Waals surface area contributed by atoms with Crippen molar-refractivity contribution in [2.75, 3.05) is 13.7 Å². The minimum absolute atomic E-state index is 0.0996. The number of hydrogen-bond acceptors (Lipinski definition) is 3. The second-order valence-electron chi connectivity index (χ2n) is 5.24. The highest BCUT2D eigenvalue weighted by molar-refractivity contribution is 5.78. The fraction of sp³-hybridized carbons (Fsp3) is 0.529. The van der Waals surface area contributed by atoms with Crippen LogP contribution in [0.2, 0.25) is 0 Å². The summed E-state index contributed by atoms with van der Waals surface area (Å²) >= 11 is 0. The molecule has 0 spiro atoms. The normalized spacial score (nSPS) is 14.6. The van der Waals surface area contributed by atoms with Gasteiger partial charge in [0, 0.05) is 12.0 Å². The molecule has 2 unspecified atom stereocenters. The van der Waals surface area contributed by atoms with Gasteiger partial charge in [-0.15, -0.1) is 0 Å². The first-order valence-corrected chi connectivity index (χ1v) is 7.48. The van der Waals surface area contributed by atoms with E-state index < -0.39 is 0 Å². The summed E-state index contributed by atoms with van der Waals surface area (Å²) in [6.07, 6.45) is 2.27. The zero-order valence-electron chi connectivity index (χ0n) is 12.9.